The standard InChI is InChI=1S/C7H9NOS/c1-3-8(4-1)9-7-2-5-10-6-7/h2,5-6H,1,3-4H2. The van der Waals surface area contributed by atoms with Crippen LogP contribution in [0.15, 0.2) is 16.8 Å². The van der Waals surface area contributed by atoms with E-state index in [0.717, 1.165) is 18.8 Å². The summed E-state index contributed by atoms with van der Waals surface area (Å²) in [7, 11) is 0. The van der Waals surface area contributed by atoms with Crippen LogP contribution in [0.2, 0.25) is 0 Å². The molecule has 0 bridgehead atoms. The molecule has 0 amide bonds. The van der Waals surface area contributed by atoms with E-state index in [1.807, 2.05) is 21.9 Å². The summed E-state index contributed by atoms with van der Waals surface area (Å²) in [4.78, 5) is 5.43. The van der Waals surface area contributed by atoms with Crippen molar-refractivity contribution in [2.24, 2.45) is 0 Å². The zero-order valence-electron chi connectivity index (χ0n) is 5.62. The van der Waals surface area contributed by atoms with Gasteiger partial charge in [-0.25, -0.2) is 0 Å². The van der Waals surface area contributed by atoms with Crippen molar-refractivity contribution in [3.8, 4) is 5.75 Å². The maximum absolute atomic E-state index is 5.43. The van der Waals surface area contributed by atoms with Crippen molar-refractivity contribution in [2.45, 2.75) is 6.42 Å². The fourth-order valence-electron chi connectivity index (χ4n) is 0.831. The van der Waals surface area contributed by atoms with E-state index >= 15 is 0 Å². The Labute approximate surface area is 64.0 Å². The molecule has 1 aliphatic heterocycles. The van der Waals surface area contributed by atoms with E-state index in [1.165, 1.54) is 6.42 Å². The van der Waals surface area contributed by atoms with E-state index in [0.29, 0.717) is 0 Å². The molecule has 0 N–H and O–H groups in total. The summed E-state index contributed by atoms with van der Waals surface area (Å²) in [5.41, 5.74) is 0. The fraction of sp³-hybridized carbons (Fsp3) is 0.429. The van der Waals surface area contributed by atoms with Crippen LogP contribution in [0, 0.1) is 0 Å². The van der Waals surface area contributed by atoms with Crippen LogP contribution in [0.1, 0.15) is 6.42 Å². The Bertz CT molecular complexity index is 193. The highest BCUT2D eigenvalue weighted by atomic mass is 32.1. The molecule has 3 heteroatoms. The number of rotatable bonds is 2. The minimum atomic E-state index is 0.977. The highest BCUT2D eigenvalue weighted by Crippen LogP contribution is 2.18. The topological polar surface area (TPSA) is 12.5 Å². The van der Waals surface area contributed by atoms with Crippen molar-refractivity contribution in [3.63, 3.8) is 0 Å². The van der Waals surface area contributed by atoms with Gasteiger partial charge in [-0.05, 0) is 17.9 Å². The van der Waals surface area contributed by atoms with E-state index in [2.05, 4.69) is 0 Å². The zero-order valence-corrected chi connectivity index (χ0v) is 6.43. The third-order valence-corrected chi connectivity index (χ3v) is 2.21. The van der Waals surface area contributed by atoms with Crippen LogP contribution in [-0.4, -0.2) is 18.2 Å². The van der Waals surface area contributed by atoms with Gasteiger partial charge in [-0.15, -0.1) is 16.4 Å². The third kappa shape index (κ3) is 1.15. The SMILES string of the molecule is c1cc(ON2CCC2)cs1. The van der Waals surface area contributed by atoms with Gasteiger partial charge >= 0.3 is 0 Å². The van der Waals surface area contributed by atoms with Gasteiger partial charge in [0.1, 0.15) is 0 Å². The molecule has 10 heavy (non-hydrogen) atoms. The van der Waals surface area contributed by atoms with Gasteiger partial charge in [-0.2, -0.15) is 0 Å². The Morgan fingerprint density at radius 2 is 2.40 bits per heavy atom. The third-order valence-electron chi connectivity index (χ3n) is 1.54. The van der Waals surface area contributed by atoms with Gasteiger partial charge in [0, 0.05) is 18.5 Å². The molecule has 1 aliphatic rings. The molecule has 0 saturated carbocycles. The number of hydroxylamine groups is 2. The molecule has 0 unspecified atom stereocenters. The van der Waals surface area contributed by atoms with Crippen LogP contribution in [0.25, 0.3) is 0 Å². The lowest BCUT2D eigenvalue weighted by molar-refractivity contribution is -0.106. The highest BCUT2D eigenvalue weighted by Gasteiger charge is 2.15. The van der Waals surface area contributed by atoms with Crippen molar-refractivity contribution >= 4 is 11.3 Å². The number of thiophene rings is 1. The fourth-order valence-corrected chi connectivity index (χ4v) is 1.38. The van der Waals surface area contributed by atoms with E-state index in [4.69, 9.17) is 4.84 Å². The summed E-state index contributed by atoms with van der Waals surface area (Å²) in [5, 5.41) is 6.01. The van der Waals surface area contributed by atoms with Crippen LogP contribution < -0.4 is 4.84 Å². The predicted molar refractivity (Wildman–Crippen MR) is 41.1 cm³/mol. The minimum absolute atomic E-state index is 0.977. The molecule has 1 aromatic heterocycles. The molecule has 1 aromatic rings. The molecule has 0 atom stereocenters. The minimum Gasteiger partial charge on any atom is -0.405 e. The molecule has 54 valence electrons. The van der Waals surface area contributed by atoms with Gasteiger partial charge in [0.25, 0.3) is 0 Å². The number of hydrogen-bond donors (Lipinski definition) is 0. The average Bonchev–Trinajstić information content (AvgIpc) is 2.29. The van der Waals surface area contributed by atoms with Crippen molar-refractivity contribution in [3.05, 3.63) is 16.8 Å². The molecular formula is C7H9NOS. The number of nitrogens with zero attached hydrogens (tertiary/aromatic N) is 1. The van der Waals surface area contributed by atoms with Crippen LogP contribution in [0.5, 0.6) is 5.75 Å². The van der Waals surface area contributed by atoms with Crippen LogP contribution in [-0.2, 0) is 0 Å². The summed E-state index contributed by atoms with van der Waals surface area (Å²) >= 11 is 1.66. The Hall–Kier alpha value is -0.540. The van der Waals surface area contributed by atoms with Crippen LogP contribution in [0.4, 0.5) is 0 Å². The van der Waals surface area contributed by atoms with Gasteiger partial charge in [-0.3, -0.25) is 0 Å². The summed E-state index contributed by atoms with van der Waals surface area (Å²) in [6.07, 6.45) is 1.27. The zero-order chi connectivity index (χ0) is 6.81. The van der Waals surface area contributed by atoms with Crippen molar-refractivity contribution in [1.82, 2.24) is 5.06 Å². The second-order valence-corrected chi connectivity index (χ2v) is 3.11. The van der Waals surface area contributed by atoms with Gasteiger partial charge in [0.15, 0.2) is 5.75 Å². The first kappa shape index (κ1) is 6.19. The maximum atomic E-state index is 5.43. The summed E-state index contributed by atoms with van der Waals surface area (Å²) in [6.45, 7) is 2.16. The normalized spacial score (nSPS) is 18.4. The lowest BCUT2D eigenvalue weighted by Gasteiger charge is -2.29. The van der Waals surface area contributed by atoms with Crippen molar-refractivity contribution in [2.75, 3.05) is 13.1 Å². The molecule has 1 saturated heterocycles. The predicted octanol–water partition coefficient (Wildman–Crippen LogP) is 1.75. The second kappa shape index (κ2) is 2.60. The molecule has 0 aromatic carbocycles. The molecule has 0 spiro atoms. The Kier molecular flexibility index (Phi) is 1.61. The molecule has 0 aliphatic carbocycles. The van der Waals surface area contributed by atoms with E-state index in [1.54, 1.807) is 11.3 Å². The lowest BCUT2D eigenvalue weighted by Crippen LogP contribution is -2.39. The van der Waals surface area contributed by atoms with Crippen molar-refractivity contribution < 1.29 is 4.84 Å². The molecule has 2 rings (SSSR count). The molecule has 2 heterocycles. The summed E-state index contributed by atoms with van der Waals surface area (Å²) < 4.78 is 0. The smallest absolute Gasteiger partial charge is 0.158 e. The first-order chi connectivity index (χ1) is 4.95. The maximum Gasteiger partial charge on any atom is 0.158 e. The van der Waals surface area contributed by atoms with E-state index in [-0.39, 0.29) is 0 Å². The summed E-state index contributed by atoms with van der Waals surface area (Å²) in [6, 6.07) is 1.99. The Balaban J connectivity index is 1.90. The van der Waals surface area contributed by atoms with Gasteiger partial charge in [-0.1, -0.05) is 0 Å². The van der Waals surface area contributed by atoms with Crippen LogP contribution >= 0.6 is 11.3 Å². The van der Waals surface area contributed by atoms with E-state index < -0.39 is 0 Å². The number of hydrogen-bond acceptors (Lipinski definition) is 3. The van der Waals surface area contributed by atoms with E-state index in [9.17, 15) is 0 Å². The molecular weight excluding hydrogens is 146 g/mol. The molecule has 2 nitrogen and oxygen atoms in total. The lowest BCUT2D eigenvalue weighted by atomic mass is 10.3. The Morgan fingerprint density at radius 3 is 2.90 bits per heavy atom. The second-order valence-electron chi connectivity index (χ2n) is 2.33. The first-order valence-corrected chi connectivity index (χ1v) is 4.34. The van der Waals surface area contributed by atoms with Crippen LogP contribution in [0.3, 0.4) is 0 Å². The average molecular weight is 155 g/mol. The van der Waals surface area contributed by atoms with Gasteiger partial charge in [0.05, 0.1) is 0 Å². The first-order valence-electron chi connectivity index (χ1n) is 3.40. The Morgan fingerprint density at radius 1 is 1.50 bits per heavy atom. The van der Waals surface area contributed by atoms with Gasteiger partial charge in [0.2, 0.25) is 0 Å². The molecule has 1 fully saturated rings. The quantitative estimate of drug-likeness (QED) is 0.645. The van der Waals surface area contributed by atoms with Crippen molar-refractivity contribution in [1.29, 1.82) is 0 Å². The monoisotopic (exact) mass is 155 g/mol. The largest absolute Gasteiger partial charge is 0.405 e. The highest BCUT2D eigenvalue weighted by molar-refractivity contribution is 7.08. The summed E-state index contributed by atoms with van der Waals surface area (Å²) in [5.74, 6) is 0.977. The molecule has 0 radical (unpaired) electrons. The van der Waals surface area contributed by atoms with Gasteiger partial charge < -0.3 is 4.84 Å².